The number of sulfonamides is 1. The summed E-state index contributed by atoms with van der Waals surface area (Å²) in [7, 11) is -3.91. The predicted octanol–water partition coefficient (Wildman–Crippen LogP) is 0.702. The van der Waals surface area contributed by atoms with Crippen molar-refractivity contribution in [2.75, 3.05) is 10.1 Å². The van der Waals surface area contributed by atoms with Crippen LogP contribution in [0.3, 0.4) is 0 Å². The number of hydrogen-bond acceptors (Lipinski definition) is 6. The molecule has 0 bridgehead atoms. The third-order valence-corrected chi connectivity index (χ3v) is 3.55. The molecule has 0 radical (unpaired) electrons. The maximum atomic E-state index is 12.7. The quantitative estimate of drug-likeness (QED) is 0.563. The summed E-state index contributed by atoms with van der Waals surface area (Å²) in [5, 5.41) is 0. The van der Waals surface area contributed by atoms with Crippen LogP contribution in [0.2, 0.25) is 0 Å². The number of halogens is 1. The van der Waals surface area contributed by atoms with Gasteiger partial charge in [0, 0.05) is 6.20 Å². The van der Waals surface area contributed by atoms with Crippen LogP contribution in [-0.2, 0) is 10.0 Å². The lowest BCUT2D eigenvalue weighted by Gasteiger charge is -2.10. The number of hydrazine groups is 1. The number of pyridine rings is 2. The minimum absolute atomic E-state index is 0.00267. The van der Waals surface area contributed by atoms with Crippen LogP contribution in [-0.4, -0.2) is 18.4 Å². The Labute approximate surface area is 108 Å². The van der Waals surface area contributed by atoms with Crippen LogP contribution in [0.4, 0.5) is 16.0 Å². The first-order valence-electron chi connectivity index (χ1n) is 5.09. The largest absolute Gasteiger partial charge is 0.307 e. The predicted molar refractivity (Wildman–Crippen MR) is 67.1 cm³/mol. The van der Waals surface area contributed by atoms with Gasteiger partial charge in [0.15, 0.2) is 5.82 Å². The average Bonchev–Trinajstić information content (AvgIpc) is 2.41. The van der Waals surface area contributed by atoms with Crippen molar-refractivity contribution < 1.29 is 12.8 Å². The van der Waals surface area contributed by atoms with E-state index >= 15 is 0 Å². The molecule has 19 heavy (non-hydrogen) atoms. The van der Waals surface area contributed by atoms with Gasteiger partial charge in [0.2, 0.25) is 0 Å². The van der Waals surface area contributed by atoms with Gasteiger partial charge < -0.3 is 5.43 Å². The molecule has 9 heteroatoms. The SMILES string of the molecule is NNc1ncccc1S(=O)(=O)Nc1ccc(F)cn1. The lowest BCUT2D eigenvalue weighted by Crippen LogP contribution is -2.19. The van der Waals surface area contributed by atoms with Gasteiger partial charge in [-0.15, -0.1) is 0 Å². The molecule has 0 aromatic carbocycles. The summed E-state index contributed by atoms with van der Waals surface area (Å²) in [6.45, 7) is 0. The molecular weight excluding hydrogens is 273 g/mol. The summed E-state index contributed by atoms with van der Waals surface area (Å²) >= 11 is 0. The van der Waals surface area contributed by atoms with Crippen molar-refractivity contribution in [1.29, 1.82) is 0 Å². The van der Waals surface area contributed by atoms with Crippen molar-refractivity contribution >= 4 is 21.7 Å². The van der Waals surface area contributed by atoms with Gasteiger partial charge in [-0.1, -0.05) is 0 Å². The zero-order valence-corrected chi connectivity index (χ0v) is 10.4. The maximum absolute atomic E-state index is 12.7. The van der Waals surface area contributed by atoms with Gasteiger partial charge in [-0.25, -0.2) is 28.6 Å². The van der Waals surface area contributed by atoms with E-state index in [1.807, 2.05) is 0 Å². The molecule has 0 aliphatic heterocycles. The number of rotatable bonds is 4. The van der Waals surface area contributed by atoms with Crippen LogP contribution in [0, 0.1) is 5.82 Å². The van der Waals surface area contributed by atoms with Crippen LogP contribution in [0.1, 0.15) is 0 Å². The van der Waals surface area contributed by atoms with E-state index in [4.69, 9.17) is 5.84 Å². The molecule has 0 saturated carbocycles. The average molecular weight is 283 g/mol. The summed E-state index contributed by atoms with van der Waals surface area (Å²) in [6, 6.07) is 5.08. The smallest absolute Gasteiger partial charge is 0.266 e. The highest BCUT2D eigenvalue weighted by Crippen LogP contribution is 2.19. The number of nitrogens with two attached hydrogens (primary N) is 1. The Hall–Kier alpha value is -2.26. The number of aromatic nitrogens is 2. The summed E-state index contributed by atoms with van der Waals surface area (Å²) in [4.78, 5) is 7.26. The van der Waals surface area contributed by atoms with E-state index < -0.39 is 15.8 Å². The molecule has 0 saturated heterocycles. The maximum Gasteiger partial charge on any atom is 0.266 e. The number of nitrogen functional groups attached to an aromatic ring is 1. The molecule has 2 heterocycles. The molecule has 7 nitrogen and oxygen atoms in total. The van der Waals surface area contributed by atoms with E-state index in [1.54, 1.807) is 0 Å². The van der Waals surface area contributed by atoms with E-state index in [2.05, 4.69) is 20.1 Å². The van der Waals surface area contributed by atoms with Gasteiger partial charge in [-0.3, -0.25) is 4.72 Å². The lowest BCUT2D eigenvalue weighted by atomic mass is 10.5. The van der Waals surface area contributed by atoms with E-state index in [-0.39, 0.29) is 16.5 Å². The molecule has 0 aliphatic carbocycles. The number of hydrogen-bond donors (Lipinski definition) is 3. The Kier molecular flexibility index (Phi) is 3.58. The molecule has 0 atom stereocenters. The van der Waals surface area contributed by atoms with Crippen molar-refractivity contribution in [2.45, 2.75) is 4.90 Å². The number of nitrogens with zero attached hydrogens (tertiary/aromatic N) is 2. The van der Waals surface area contributed by atoms with Crippen LogP contribution in [0.25, 0.3) is 0 Å². The third kappa shape index (κ3) is 2.95. The Balaban J connectivity index is 2.35. The van der Waals surface area contributed by atoms with Crippen LogP contribution < -0.4 is 16.0 Å². The Bertz CT molecular complexity index is 675. The Morgan fingerprint density at radius 3 is 2.63 bits per heavy atom. The van der Waals surface area contributed by atoms with Gasteiger partial charge >= 0.3 is 0 Å². The molecule has 0 unspecified atom stereocenters. The van der Waals surface area contributed by atoms with Crippen LogP contribution in [0.15, 0.2) is 41.6 Å². The second-order valence-corrected chi connectivity index (χ2v) is 5.11. The van der Waals surface area contributed by atoms with Crippen molar-refractivity contribution in [3.63, 3.8) is 0 Å². The van der Waals surface area contributed by atoms with E-state index in [0.717, 1.165) is 12.3 Å². The van der Waals surface area contributed by atoms with Gasteiger partial charge in [0.1, 0.15) is 16.5 Å². The molecular formula is C10H10FN5O2S. The van der Waals surface area contributed by atoms with Gasteiger partial charge in [-0.05, 0) is 24.3 Å². The Morgan fingerprint density at radius 1 is 1.21 bits per heavy atom. The first kappa shape index (κ1) is 13.2. The second kappa shape index (κ2) is 5.16. The van der Waals surface area contributed by atoms with Crippen molar-refractivity contribution in [3.8, 4) is 0 Å². The van der Waals surface area contributed by atoms with Crippen LogP contribution >= 0.6 is 0 Å². The lowest BCUT2D eigenvalue weighted by molar-refractivity contribution is 0.600. The highest BCUT2D eigenvalue weighted by Gasteiger charge is 2.19. The first-order chi connectivity index (χ1) is 9.03. The van der Waals surface area contributed by atoms with Crippen molar-refractivity contribution in [1.82, 2.24) is 9.97 Å². The number of nitrogens with one attached hydrogen (secondary N) is 2. The summed E-state index contributed by atoms with van der Waals surface area (Å²) in [6.07, 6.45) is 2.30. The normalized spacial score (nSPS) is 11.1. The van der Waals surface area contributed by atoms with Crippen molar-refractivity contribution in [3.05, 3.63) is 42.5 Å². The van der Waals surface area contributed by atoms with Gasteiger partial charge in [0.05, 0.1) is 6.20 Å². The third-order valence-electron chi connectivity index (χ3n) is 2.16. The molecule has 4 N–H and O–H groups in total. The monoisotopic (exact) mass is 283 g/mol. The molecule has 100 valence electrons. The topological polar surface area (TPSA) is 110 Å². The fraction of sp³-hybridized carbons (Fsp3) is 0. The van der Waals surface area contributed by atoms with Gasteiger partial charge in [0.25, 0.3) is 10.0 Å². The molecule has 0 fully saturated rings. The summed E-state index contributed by atoms with van der Waals surface area (Å²) < 4.78 is 39.1. The minimum Gasteiger partial charge on any atom is -0.307 e. The Morgan fingerprint density at radius 2 is 2.00 bits per heavy atom. The highest BCUT2D eigenvalue weighted by molar-refractivity contribution is 7.92. The molecule has 2 aromatic rings. The second-order valence-electron chi connectivity index (χ2n) is 3.46. The minimum atomic E-state index is -3.91. The molecule has 2 rings (SSSR count). The van der Waals surface area contributed by atoms with E-state index in [1.165, 1.54) is 24.4 Å². The molecule has 0 spiro atoms. The summed E-state index contributed by atoms with van der Waals surface area (Å²) in [5.41, 5.74) is 2.19. The van der Waals surface area contributed by atoms with E-state index in [9.17, 15) is 12.8 Å². The summed E-state index contributed by atoms with van der Waals surface area (Å²) in [5.74, 6) is 4.62. The standard InChI is InChI=1S/C10H10FN5O2S/c11-7-3-4-9(14-6-7)16-19(17,18)8-2-1-5-13-10(8)15-12/h1-6H,12H2,(H,13,15)(H,14,16). The number of anilines is 2. The highest BCUT2D eigenvalue weighted by atomic mass is 32.2. The van der Waals surface area contributed by atoms with Crippen LogP contribution in [0.5, 0.6) is 0 Å². The van der Waals surface area contributed by atoms with Gasteiger partial charge in [-0.2, -0.15) is 0 Å². The zero-order valence-electron chi connectivity index (χ0n) is 9.54. The molecule has 0 aliphatic rings. The van der Waals surface area contributed by atoms with E-state index in [0.29, 0.717) is 0 Å². The fourth-order valence-electron chi connectivity index (χ4n) is 1.34. The first-order valence-corrected chi connectivity index (χ1v) is 6.57. The molecule has 2 aromatic heterocycles. The molecule has 0 amide bonds. The fourth-order valence-corrected chi connectivity index (χ4v) is 2.47. The van der Waals surface area contributed by atoms with Crippen molar-refractivity contribution in [2.24, 2.45) is 5.84 Å². The zero-order chi connectivity index (χ0) is 13.9.